The molecule has 0 saturated carbocycles. The van der Waals surface area contributed by atoms with Gasteiger partial charge in [-0.15, -0.1) is 0 Å². The zero-order chi connectivity index (χ0) is 19.5. The molecule has 4 rings (SSSR count). The summed E-state index contributed by atoms with van der Waals surface area (Å²) in [5.74, 6) is -0.0997. The van der Waals surface area contributed by atoms with Crippen molar-refractivity contribution >= 4 is 16.7 Å². The topological polar surface area (TPSA) is 23.6 Å². The Morgan fingerprint density at radius 1 is 1.00 bits per heavy atom. The van der Waals surface area contributed by atoms with Crippen LogP contribution >= 0.6 is 0 Å². The molecule has 1 fully saturated rings. The molecule has 1 amide bonds. The summed E-state index contributed by atoms with van der Waals surface area (Å²) in [4.78, 5) is 17.0. The predicted molar refractivity (Wildman–Crippen MR) is 111 cm³/mol. The molecule has 1 heterocycles. The third-order valence-corrected chi connectivity index (χ3v) is 5.72. The van der Waals surface area contributed by atoms with Crippen molar-refractivity contribution in [2.24, 2.45) is 0 Å². The number of carbonyl (C=O) groups excluding carboxylic acids is 1. The molecule has 1 aliphatic heterocycles. The maximum atomic E-state index is 13.3. The number of nitrogens with zero attached hydrogens (tertiary/aromatic N) is 2. The first-order chi connectivity index (χ1) is 13.6. The lowest BCUT2D eigenvalue weighted by atomic mass is 10.0. The fourth-order valence-corrected chi connectivity index (χ4v) is 4.04. The van der Waals surface area contributed by atoms with Crippen LogP contribution in [0.4, 0.5) is 4.39 Å². The minimum Gasteiger partial charge on any atom is -0.339 e. The maximum absolute atomic E-state index is 13.3. The molecular weight excluding hydrogens is 351 g/mol. The molecule has 0 spiro atoms. The Hall–Kier alpha value is -2.72. The summed E-state index contributed by atoms with van der Waals surface area (Å²) in [5.41, 5.74) is 1.99. The second kappa shape index (κ2) is 8.11. The smallest absolute Gasteiger partial charge is 0.253 e. The Labute approximate surface area is 165 Å². The van der Waals surface area contributed by atoms with Crippen LogP contribution in [-0.4, -0.2) is 41.9 Å². The minimum absolute atomic E-state index is 0.0980. The highest BCUT2D eigenvalue weighted by atomic mass is 19.1. The summed E-state index contributed by atoms with van der Waals surface area (Å²) < 4.78 is 13.3. The summed E-state index contributed by atoms with van der Waals surface area (Å²) >= 11 is 0. The maximum Gasteiger partial charge on any atom is 0.253 e. The van der Waals surface area contributed by atoms with Crippen molar-refractivity contribution in [1.29, 1.82) is 0 Å². The van der Waals surface area contributed by atoms with Crippen molar-refractivity contribution in [2.45, 2.75) is 25.4 Å². The van der Waals surface area contributed by atoms with Crippen molar-refractivity contribution in [3.05, 3.63) is 83.7 Å². The summed E-state index contributed by atoms with van der Waals surface area (Å²) in [5, 5.41) is 2.01. The Kier molecular flexibility index (Phi) is 5.40. The van der Waals surface area contributed by atoms with E-state index in [0.29, 0.717) is 0 Å². The van der Waals surface area contributed by atoms with E-state index in [2.05, 4.69) is 17.0 Å². The largest absolute Gasteiger partial charge is 0.339 e. The standard InChI is InChI=1S/C24H25FN2O/c1-26(24(28)19-5-3-2-4-6-19)23-11-13-27(14-12-23)17-18-7-8-21-16-22(25)10-9-20(21)15-18/h2-10,15-16,23H,11-14,17H2,1H3. The van der Waals surface area contributed by atoms with E-state index in [-0.39, 0.29) is 17.8 Å². The third kappa shape index (κ3) is 4.07. The van der Waals surface area contributed by atoms with Gasteiger partial charge in [-0.25, -0.2) is 4.39 Å². The number of benzene rings is 3. The van der Waals surface area contributed by atoms with Crippen LogP contribution in [0.15, 0.2) is 66.7 Å². The quantitative estimate of drug-likeness (QED) is 0.658. The van der Waals surface area contributed by atoms with Crippen LogP contribution in [0, 0.1) is 5.82 Å². The van der Waals surface area contributed by atoms with Crippen LogP contribution in [0.1, 0.15) is 28.8 Å². The molecule has 0 bridgehead atoms. The lowest BCUT2D eigenvalue weighted by molar-refractivity contribution is 0.0636. The Morgan fingerprint density at radius 3 is 2.43 bits per heavy atom. The average Bonchev–Trinajstić information content (AvgIpc) is 2.74. The molecule has 0 radical (unpaired) electrons. The van der Waals surface area contributed by atoms with Crippen LogP contribution in [0.2, 0.25) is 0 Å². The molecule has 144 valence electrons. The van der Waals surface area contributed by atoms with E-state index in [1.54, 1.807) is 6.07 Å². The van der Waals surface area contributed by atoms with Gasteiger partial charge in [0.05, 0.1) is 0 Å². The molecular formula is C24H25FN2O. The molecule has 0 aromatic heterocycles. The molecule has 28 heavy (non-hydrogen) atoms. The first kappa shape index (κ1) is 18.6. The number of rotatable bonds is 4. The summed E-state index contributed by atoms with van der Waals surface area (Å²) in [6, 6.07) is 20.9. The zero-order valence-electron chi connectivity index (χ0n) is 16.1. The van der Waals surface area contributed by atoms with Gasteiger partial charge in [-0.1, -0.05) is 36.4 Å². The first-order valence-electron chi connectivity index (χ1n) is 9.83. The van der Waals surface area contributed by atoms with E-state index in [1.807, 2.05) is 54.4 Å². The number of fused-ring (bicyclic) bond motifs is 1. The van der Waals surface area contributed by atoms with Gasteiger partial charge in [0, 0.05) is 38.3 Å². The van der Waals surface area contributed by atoms with Crippen LogP contribution in [0.3, 0.4) is 0 Å². The van der Waals surface area contributed by atoms with Gasteiger partial charge in [-0.3, -0.25) is 9.69 Å². The van der Waals surface area contributed by atoms with Crippen LogP contribution in [0.25, 0.3) is 10.8 Å². The molecule has 4 heteroatoms. The zero-order valence-corrected chi connectivity index (χ0v) is 16.1. The highest BCUT2D eigenvalue weighted by molar-refractivity contribution is 5.94. The lowest BCUT2D eigenvalue weighted by Gasteiger charge is -2.36. The van der Waals surface area contributed by atoms with Gasteiger partial charge in [0.25, 0.3) is 5.91 Å². The Bertz CT molecular complexity index is 965. The van der Waals surface area contributed by atoms with Gasteiger partial charge in [-0.2, -0.15) is 0 Å². The third-order valence-electron chi connectivity index (χ3n) is 5.72. The Morgan fingerprint density at radius 2 is 1.68 bits per heavy atom. The van der Waals surface area contributed by atoms with Crippen molar-refractivity contribution in [1.82, 2.24) is 9.80 Å². The monoisotopic (exact) mass is 376 g/mol. The van der Waals surface area contributed by atoms with Crippen molar-refractivity contribution < 1.29 is 9.18 Å². The molecule has 0 aliphatic carbocycles. The lowest BCUT2D eigenvalue weighted by Crippen LogP contribution is -2.45. The molecule has 1 saturated heterocycles. The van der Waals surface area contributed by atoms with Crippen LogP contribution < -0.4 is 0 Å². The van der Waals surface area contributed by atoms with E-state index in [0.717, 1.165) is 48.8 Å². The van der Waals surface area contributed by atoms with Gasteiger partial charge in [0.2, 0.25) is 0 Å². The molecule has 0 atom stereocenters. The number of halogens is 1. The van der Waals surface area contributed by atoms with E-state index in [4.69, 9.17) is 0 Å². The summed E-state index contributed by atoms with van der Waals surface area (Å²) in [6.07, 6.45) is 1.96. The molecule has 3 aromatic carbocycles. The number of likely N-dealkylation sites (tertiary alicyclic amines) is 1. The molecule has 3 aromatic rings. The van der Waals surface area contributed by atoms with Gasteiger partial charge < -0.3 is 4.90 Å². The van der Waals surface area contributed by atoms with Gasteiger partial charge in [-0.05, 0) is 59.5 Å². The Balaban J connectivity index is 1.35. The van der Waals surface area contributed by atoms with Gasteiger partial charge >= 0.3 is 0 Å². The highest BCUT2D eigenvalue weighted by Gasteiger charge is 2.25. The fourth-order valence-electron chi connectivity index (χ4n) is 4.04. The first-order valence-corrected chi connectivity index (χ1v) is 9.83. The van der Waals surface area contributed by atoms with E-state index in [1.165, 1.54) is 11.6 Å². The van der Waals surface area contributed by atoms with Crippen LogP contribution in [-0.2, 0) is 6.54 Å². The second-order valence-electron chi connectivity index (χ2n) is 7.62. The van der Waals surface area contributed by atoms with E-state index < -0.39 is 0 Å². The average molecular weight is 376 g/mol. The number of carbonyl (C=O) groups is 1. The SMILES string of the molecule is CN(C(=O)c1ccccc1)C1CCN(Cc2ccc3cc(F)ccc3c2)CC1. The molecule has 3 nitrogen and oxygen atoms in total. The predicted octanol–water partition coefficient (Wildman–Crippen LogP) is 4.72. The van der Waals surface area contributed by atoms with Crippen molar-refractivity contribution in [3.8, 4) is 0 Å². The van der Waals surface area contributed by atoms with E-state index >= 15 is 0 Å². The summed E-state index contributed by atoms with van der Waals surface area (Å²) in [6.45, 7) is 2.83. The van der Waals surface area contributed by atoms with Gasteiger partial charge in [0.15, 0.2) is 0 Å². The van der Waals surface area contributed by atoms with E-state index in [9.17, 15) is 9.18 Å². The number of amides is 1. The molecule has 0 N–H and O–H groups in total. The number of piperidine rings is 1. The second-order valence-corrected chi connectivity index (χ2v) is 7.62. The minimum atomic E-state index is -0.198. The normalized spacial score (nSPS) is 15.6. The number of hydrogen-bond acceptors (Lipinski definition) is 2. The fraction of sp³-hybridized carbons (Fsp3) is 0.292. The van der Waals surface area contributed by atoms with Crippen molar-refractivity contribution in [2.75, 3.05) is 20.1 Å². The number of hydrogen-bond donors (Lipinski definition) is 0. The van der Waals surface area contributed by atoms with Gasteiger partial charge in [0.1, 0.15) is 5.82 Å². The molecule has 0 unspecified atom stereocenters. The highest BCUT2D eigenvalue weighted by Crippen LogP contribution is 2.22. The van der Waals surface area contributed by atoms with Crippen molar-refractivity contribution in [3.63, 3.8) is 0 Å². The van der Waals surface area contributed by atoms with Crippen LogP contribution in [0.5, 0.6) is 0 Å². The molecule has 1 aliphatic rings. The summed E-state index contributed by atoms with van der Waals surface area (Å²) in [7, 11) is 1.91.